The smallest absolute Gasteiger partial charge is 0.183 e. The van der Waals surface area contributed by atoms with Gasteiger partial charge in [-0.2, -0.15) is 0 Å². The van der Waals surface area contributed by atoms with Crippen LogP contribution in [0.15, 0.2) is 24.3 Å². The van der Waals surface area contributed by atoms with E-state index in [4.69, 9.17) is 9.47 Å². The van der Waals surface area contributed by atoms with Crippen molar-refractivity contribution in [1.29, 1.82) is 0 Å². The Kier molecular flexibility index (Phi) is 8.46. The van der Waals surface area contributed by atoms with Gasteiger partial charge in [0.25, 0.3) is 0 Å². The van der Waals surface area contributed by atoms with Gasteiger partial charge < -0.3 is 19.7 Å². The first-order valence-electron chi connectivity index (χ1n) is 7.34. The maximum absolute atomic E-state index is 5.59. The van der Waals surface area contributed by atoms with Crippen LogP contribution in [0, 0.1) is 0 Å². The summed E-state index contributed by atoms with van der Waals surface area (Å²) in [6, 6.07) is 8.42. The van der Waals surface area contributed by atoms with Gasteiger partial charge in [-0.05, 0) is 33.5 Å². The maximum atomic E-state index is 5.59. The molecule has 0 saturated heterocycles. The van der Waals surface area contributed by atoms with Crippen LogP contribution in [0.1, 0.15) is 31.3 Å². The molecule has 0 unspecified atom stereocenters. The van der Waals surface area contributed by atoms with Gasteiger partial charge in [-0.3, -0.25) is 0 Å². The largest absolute Gasteiger partial charge is 0.349 e. The van der Waals surface area contributed by atoms with Gasteiger partial charge in [-0.25, -0.2) is 0 Å². The second-order valence-corrected chi connectivity index (χ2v) is 4.96. The van der Waals surface area contributed by atoms with E-state index in [-0.39, 0.29) is 6.29 Å². The summed E-state index contributed by atoms with van der Waals surface area (Å²) in [5.74, 6) is 0. The van der Waals surface area contributed by atoms with Crippen LogP contribution in [0.25, 0.3) is 0 Å². The van der Waals surface area contributed by atoms with Crippen LogP contribution in [0.2, 0.25) is 0 Å². The van der Waals surface area contributed by atoms with Gasteiger partial charge in [0.05, 0.1) is 0 Å². The van der Waals surface area contributed by atoms with Crippen molar-refractivity contribution in [2.75, 3.05) is 40.4 Å². The molecule has 1 aromatic carbocycles. The average Bonchev–Trinajstić information content (AvgIpc) is 2.44. The van der Waals surface area contributed by atoms with E-state index in [0.717, 1.165) is 25.2 Å². The van der Waals surface area contributed by atoms with E-state index < -0.39 is 0 Å². The lowest BCUT2D eigenvalue weighted by molar-refractivity contribution is -0.140. The summed E-state index contributed by atoms with van der Waals surface area (Å²) < 4.78 is 11.2. The Labute approximate surface area is 123 Å². The third-order valence-electron chi connectivity index (χ3n) is 2.95. The van der Waals surface area contributed by atoms with Crippen LogP contribution >= 0.6 is 0 Å². The van der Waals surface area contributed by atoms with E-state index >= 15 is 0 Å². The Morgan fingerprint density at radius 1 is 1.05 bits per heavy atom. The number of likely N-dealkylation sites (N-methyl/N-ethyl adjacent to an activating group) is 1. The molecule has 4 heteroatoms. The number of benzene rings is 1. The Bertz CT molecular complexity index is 346. The van der Waals surface area contributed by atoms with E-state index in [9.17, 15) is 0 Å². The van der Waals surface area contributed by atoms with Crippen molar-refractivity contribution >= 4 is 0 Å². The van der Waals surface area contributed by atoms with E-state index in [1.807, 2.05) is 13.8 Å². The van der Waals surface area contributed by atoms with Crippen molar-refractivity contribution in [3.8, 4) is 0 Å². The van der Waals surface area contributed by atoms with Crippen LogP contribution in [-0.2, 0) is 16.0 Å². The van der Waals surface area contributed by atoms with Crippen molar-refractivity contribution in [2.24, 2.45) is 0 Å². The molecule has 0 aliphatic heterocycles. The highest BCUT2D eigenvalue weighted by Gasteiger charge is 2.10. The quantitative estimate of drug-likeness (QED) is 0.527. The van der Waals surface area contributed by atoms with Gasteiger partial charge in [-0.15, -0.1) is 0 Å². The molecule has 0 atom stereocenters. The third-order valence-corrected chi connectivity index (χ3v) is 2.95. The topological polar surface area (TPSA) is 33.7 Å². The molecule has 0 heterocycles. The minimum atomic E-state index is -0.249. The standard InChI is InChI=1S/C16H28N2O2/c1-5-19-16(20-6-2)15-9-7-14(8-10-15)13-17-11-12-18(3)4/h7-10,16-17H,5-6,11-13H2,1-4H3. The highest BCUT2D eigenvalue weighted by atomic mass is 16.7. The van der Waals surface area contributed by atoms with Crippen LogP contribution in [0.4, 0.5) is 0 Å². The van der Waals surface area contributed by atoms with E-state index in [1.165, 1.54) is 5.56 Å². The maximum Gasteiger partial charge on any atom is 0.183 e. The lowest BCUT2D eigenvalue weighted by atomic mass is 10.1. The second-order valence-electron chi connectivity index (χ2n) is 4.96. The molecular weight excluding hydrogens is 252 g/mol. The molecule has 4 nitrogen and oxygen atoms in total. The molecule has 0 aliphatic carbocycles. The highest BCUT2D eigenvalue weighted by molar-refractivity contribution is 5.23. The molecular formula is C16H28N2O2. The van der Waals surface area contributed by atoms with Gasteiger partial charge in [0, 0.05) is 38.4 Å². The monoisotopic (exact) mass is 280 g/mol. The Morgan fingerprint density at radius 3 is 2.15 bits per heavy atom. The Balaban J connectivity index is 2.45. The van der Waals surface area contributed by atoms with Crippen molar-refractivity contribution < 1.29 is 9.47 Å². The summed E-state index contributed by atoms with van der Waals surface area (Å²) in [5, 5.41) is 3.43. The molecule has 0 bridgehead atoms. The van der Waals surface area contributed by atoms with E-state index in [0.29, 0.717) is 13.2 Å². The summed E-state index contributed by atoms with van der Waals surface area (Å²) in [6.07, 6.45) is -0.249. The molecule has 0 radical (unpaired) electrons. The lowest BCUT2D eigenvalue weighted by Crippen LogP contribution is -2.26. The zero-order chi connectivity index (χ0) is 14.8. The third kappa shape index (κ3) is 6.48. The molecule has 0 spiro atoms. The molecule has 1 rings (SSSR count). The van der Waals surface area contributed by atoms with Gasteiger partial charge in [0.15, 0.2) is 6.29 Å². The first-order chi connectivity index (χ1) is 9.67. The molecule has 0 aromatic heterocycles. The van der Waals surface area contributed by atoms with Crippen molar-refractivity contribution in [3.63, 3.8) is 0 Å². The number of hydrogen-bond acceptors (Lipinski definition) is 4. The average molecular weight is 280 g/mol. The molecule has 20 heavy (non-hydrogen) atoms. The molecule has 0 fully saturated rings. The number of rotatable bonds is 10. The van der Waals surface area contributed by atoms with Crippen LogP contribution < -0.4 is 5.32 Å². The minimum absolute atomic E-state index is 0.249. The number of nitrogens with one attached hydrogen (secondary N) is 1. The zero-order valence-electron chi connectivity index (χ0n) is 13.2. The fraction of sp³-hybridized carbons (Fsp3) is 0.625. The molecule has 114 valence electrons. The van der Waals surface area contributed by atoms with Crippen LogP contribution in [-0.4, -0.2) is 45.3 Å². The predicted octanol–water partition coefficient (Wildman–Crippen LogP) is 2.41. The fourth-order valence-corrected chi connectivity index (χ4v) is 1.87. The van der Waals surface area contributed by atoms with Crippen molar-refractivity contribution in [1.82, 2.24) is 10.2 Å². The minimum Gasteiger partial charge on any atom is -0.349 e. The number of ether oxygens (including phenoxy) is 2. The molecule has 0 amide bonds. The van der Waals surface area contributed by atoms with Crippen LogP contribution in [0.3, 0.4) is 0 Å². The summed E-state index contributed by atoms with van der Waals surface area (Å²) in [7, 11) is 4.16. The lowest BCUT2D eigenvalue weighted by Gasteiger charge is -2.17. The van der Waals surface area contributed by atoms with Crippen molar-refractivity contribution in [3.05, 3.63) is 35.4 Å². The van der Waals surface area contributed by atoms with Crippen LogP contribution in [0.5, 0.6) is 0 Å². The molecule has 0 aliphatic rings. The fourth-order valence-electron chi connectivity index (χ4n) is 1.87. The predicted molar refractivity (Wildman–Crippen MR) is 82.7 cm³/mol. The summed E-state index contributed by atoms with van der Waals surface area (Å²) in [6.45, 7) is 8.20. The zero-order valence-corrected chi connectivity index (χ0v) is 13.2. The molecule has 1 aromatic rings. The van der Waals surface area contributed by atoms with Gasteiger partial charge in [-0.1, -0.05) is 24.3 Å². The SMILES string of the molecule is CCOC(OCC)c1ccc(CNCCN(C)C)cc1. The number of nitrogens with zero attached hydrogens (tertiary/aromatic N) is 1. The Hall–Kier alpha value is -0.940. The van der Waals surface area contributed by atoms with E-state index in [1.54, 1.807) is 0 Å². The Morgan fingerprint density at radius 2 is 1.65 bits per heavy atom. The molecule has 0 saturated carbocycles. The summed E-state index contributed by atoms with van der Waals surface area (Å²) in [4.78, 5) is 2.17. The van der Waals surface area contributed by atoms with Crippen molar-refractivity contribution in [2.45, 2.75) is 26.7 Å². The summed E-state index contributed by atoms with van der Waals surface area (Å²) >= 11 is 0. The first-order valence-corrected chi connectivity index (χ1v) is 7.34. The van der Waals surface area contributed by atoms with Gasteiger partial charge in [0.1, 0.15) is 0 Å². The number of hydrogen-bond donors (Lipinski definition) is 1. The van der Waals surface area contributed by atoms with Gasteiger partial charge >= 0.3 is 0 Å². The summed E-state index contributed by atoms with van der Waals surface area (Å²) in [5.41, 5.74) is 2.35. The molecule has 1 N–H and O–H groups in total. The van der Waals surface area contributed by atoms with Gasteiger partial charge in [0.2, 0.25) is 0 Å². The second kappa shape index (κ2) is 9.88. The van der Waals surface area contributed by atoms with E-state index in [2.05, 4.69) is 48.6 Å². The highest BCUT2D eigenvalue weighted by Crippen LogP contribution is 2.19. The normalized spacial score (nSPS) is 11.5. The first kappa shape index (κ1) is 17.1.